The lowest BCUT2D eigenvalue weighted by Crippen LogP contribution is -2.20. The van der Waals surface area contributed by atoms with Crippen molar-refractivity contribution < 1.29 is 14.3 Å². The van der Waals surface area contributed by atoms with Crippen molar-refractivity contribution in [3.8, 4) is 11.5 Å². The topological polar surface area (TPSA) is 60.5 Å². The molecule has 5 heteroatoms. The van der Waals surface area contributed by atoms with E-state index >= 15 is 0 Å². The Hall–Kier alpha value is -2.56. The van der Waals surface area contributed by atoms with Crippen LogP contribution in [-0.4, -0.2) is 24.1 Å². The van der Waals surface area contributed by atoms with Crippen LogP contribution < -0.4 is 14.8 Å². The van der Waals surface area contributed by atoms with Gasteiger partial charge in [-0.05, 0) is 31.2 Å². The highest BCUT2D eigenvalue weighted by atomic mass is 16.6. The molecule has 0 unspecified atom stereocenters. The molecule has 0 aliphatic carbocycles. The second kappa shape index (κ2) is 5.21. The zero-order chi connectivity index (χ0) is 13.9. The van der Waals surface area contributed by atoms with E-state index in [-0.39, 0.29) is 5.91 Å². The van der Waals surface area contributed by atoms with Crippen molar-refractivity contribution in [3.63, 3.8) is 0 Å². The Labute approximate surface area is 116 Å². The minimum absolute atomic E-state index is 0.224. The smallest absolute Gasteiger partial charge is 0.259 e. The highest BCUT2D eigenvalue weighted by Crippen LogP contribution is 2.33. The van der Waals surface area contributed by atoms with Crippen LogP contribution in [0.2, 0.25) is 0 Å². The number of fused-ring (bicyclic) bond motifs is 1. The van der Waals surface area contributed by atoms with Crippen molar-refractivity contribution in [2.45, 2.75) is 6.92 Å². The third-order valence-electron chi connectivity index (χ3n) is 2.97. The molecule has 0 atom stereocenters. The number of aryl methyl sites for hydroxylation is 1. The molecule has 0 saturated carbocycles. The second-order valence-electron chi connectivity index (χ2n) is 4.47. The summed E-state index contributed by atoms with van der Waals surface area (Å²) < 4.78 is 11.0. The van der Waals surface area contributed by atoms with E-state index in [1.807, 2.05) is 13.0 Å². The van der Waals surface area contributed by atoms with Crippen molar-refractivity contribution in [2.75, 3.05) is 18.5 Å². The molecule has 3 rings (SSSR count). The van der Waals surface area contributed by atoms with E-state index in [9.17, 15) is 4.79 Å². The molecular weight excluding hydrogens is 256 g/mol. The molecule has 1 N–H and O–H groups in total. The third kappa shape index (κ3) is 2.42. The predicted octanol–water partition coefficient (Wildman–Crippen LogP) is 2.41. The molecule has 0 fully saturated rings. The van der Waals surface area contributed by atoms with Crippen LogP contribution in [0.5, 0.6) is 11.5 Å². The van der Waals surface area contributed by atoms with Crippen LogP contribution >= 0.6 is 0 Å². The van der Waals surface area contributed by atoms with Crippen LogP contribution in [-0.2, 0) is 0 Å². The molecule has 1 aliphatic heterocycles. The van der Waals surface area contributed by atoms with Crippen molar-refractivity contribution in [1.29, 1.82) is 0 Å². The molecule has 0 saturated heterocycles. The summed E-state index contributed by atoms with van der Waals surface area (Å²) >= 11 is 0. The number of carbonyl (C=O) groups is 1. The Kier molecular flexibility index (Phi) is 3.25. The van der Waals surface area contributed by atoms with Gasteiger partial charge in [0.05, 0.1) is 5.56 Å². The van der Waals surface area contributed by atoms with E-state index in [1.165, 1.54) is 0 Å². The van der Waals surface area contributed by atoms with Crippen LogP contribution in [0.1, 0.15) is 16.1 Å². The fourth-order valence-electron chi connectivity index (χ4n) is 2.07. The van der Waals surface area contributed by atoms with Crippen molar-refractivity contribution in [2.24, 2.45) is 0 Å². The van der Waals surface area contributed by atoms with Gasteiger partial charge in [-0.2, -0.15) is 0 Å². The number of nitrogens with zero attached hydrogens (tertiary/aromatic N) is 1. The molecule has 0 radical (unpaired) electrons. The largest absolute Gasteiger partial charge is 0.486 e. The van der Waals surface area contributed by atoms with Gasteiger partial charge in [-0.25, -0.2) is 0 Å². The summed E-state index contributed by atoms with van der Waals surface area (Å²) in [6, 6.07) is 8.85. The summed E-state index contributed by atoms with van der Waals surface area (Å²) in [6.07, 6.45) is 1.66. The SMILES string of the molecule is Cc1cc(NC(=O)c2cccc3c2OCCO3)ccn1. The highest BCUT2D eigenvalue weighted by molar-refractivity contribution is 6.06. The average Bonchev–Trinajstić information content (AvgIpc) is 2.46. The fourth-order valence-corrected chi connectivity index (χ4v) is 2.07. The number of aromatic nitrogens is 1. The Balaban J connectivity index is 1.88. The number of nitrogens with one attached hydrogen (secondary N) is 1. The number of anilines is 1. The first-order chi connectivity index (χ1) is 9.74. The number of amides is 1. The van der Waals surface area contributed by atoms with Gasteiger partial charge in [0.15, 0.2) is 11.5 Å². The van der Waals surface area contributed by atoms with Crippen molar-refractivity contribution >= 4 is 11.6 Å². The first-order valence-electron chi connectivity index (χ1n) is 6.36. The zero-order valence-corrected chi connectivity index (χ0v) is 11.1. The highest BCUT2D eigenvalue weighted by Gasteiger charge is 2.20. The molecule has 2 heterocycles. The molecule has 1 aromatic heterocycles. The predicted molar refractivity (Wildman–Crippen MR) is 74.4 cm³/mol. The van der Waals surface area contributed by atoms with E-state index in [2.05, 4.69) is 10.3 Å². The maximum atomic E-state index is 12.3. The molecule has 1 amide bonds. The van der Waals surface area contributed by atoms with E-state index in [0.29, 0.717) is 36.0 Å². The minimum Gasteiger partial charge on any atom is -0.486 e. The number of rotatable bonds is 2. The lowest BCUT2D eigenvalue weighted by Gasteiger charge is -2.20. The Bertz CT molecular complexity index is 655. The number of hydrogen-bond donors (Lipinski definition) is 1. The van der Waals surface area contributed by atoms with E-state index in [1.54, 1.807) is 30.5 Å². The van der Waals surface area contributed by atoms with Gasteiger partial charge >= 0.3 is 0 Å². The van der Waals surface area contributed by atoms with Gasteiger partial charge in [-0.1, -0.05) is 6.07 Å². The fraction of sp³-hybridized carbons (Fsp3) is 0.200. The first kappa shape index (κ1) is 12.5. The lowest BCUT2D eigenvalue weighted by molar-refractivity contribution is 0.101. The molecule has 102 valence electrons. The van der Waals surface area contributed by atoms with E-state index < -0.39 is 0 Å². The first-order valence-corrected chi connectivity index (χ1v) is 6.36. The van der Waals surface area contributed by atoms with E-state index in [4.69, 9.17) is 9.47 Å². The minimum atomic E-state index is -0.224. The van der Waals surface area contributed by atoms with Crippen LogP contribution in [0.3, 0.4) is 0 Å². The van der Waals surface area contributed by atoms with Crippen LogP contribution in [0.4, 0.5) is 5.69 Å². The number of carbonyl (C=O) groups excluding carboxylic acids is 1. The lowest BCUT2D eigenvalue weighted by atomic mass is 10.1. The summed E-state index contributed by atoms with van der Waals surface area (Å²) in [4.78, 5) is 16.4. The molecular formula is C15H14N2O3. The second-order valence-corrected chi connectivity index (χ2v) is 4.47. The number of benzene rings is 1. The van der Waals surface area contributed by atoms with Crippen LogP contribution in [0.25, 0.3) is 0 Å². The van der Waals surface area contributed by atoms with Gasteiger partial charge in [0.1, 0.15) is 13.2 Å². The summed E-state index contributed by atoms with van der Waals surface area (Å²) in [5, 5.41) is 2.83. The standard InChI is InChI=1S/C15H14N2O3/c1-10-9-11(5-6-16-10)17-15(18)12-3-2-4-13-14(12)20-8-7-19-13/h2-6,9H,7-8H2,1H3,(H,16,17,18). The molecule has 2 aromatic rings. The van der Waals surface area contributed by atoms with Gasteiger partial charge in [-0.3, -0.25) is 9.78 Å². The van der Waals surface area contributed by atoms with Crippen molar-refractivity contribution in [1.82, 2.24) is 4.98 Å². The van der Waals surface area contributed by atoms with Gasteiger partial charge < -0.3 is 14.8 Å². The summed E-state index contributed by atoms with van der Waals surface area (Å²) in [6.45, 7) is 2.82. The molecule has 0 bridgehead atoms. The normalized spacial score (nSPS) is 12.8. The maximum Gasteiger partial charge on any atom is 0.259 e. The molecule has 0 spiro atoms. The van der Waals surface area contributed by atoms with Gasteiger partial charge in [0.25, 0.3) is 5.91 Å². The average molecular weight is 270 g/mol. The molecule has 1 aromatic carbocycles. The van der Waals surface area contributed by atoms with Gasteiger partial charge in [0, 0.05) is 17.6 Å². The van der Waals surface area contributed by atoms with Gasteiger partial charge in [-0.15, -0.1) is 0 Å². The number of ether oxygens (including phenoxy) is 2. The Morgan fingerprint density at radius 3 is 2.95 bits per heavy atom. The monoisotopic (exact) mass is 270 g/mol. The quantitative estimate of drug-likeness (QED) is 0.910. The summed E-state index contributed by atoms with van der Waals surface area (Å²) in [7, 11) is 0. The summed E-state index contributed by atoms with van der Waals surface area (Å²) in [5.74, 6) is 0.884. The van der Waals surface area contributed by atoms with Crippen molar-refractivity contribution in [3.05, 3.63) is 47.8 Å². The molecule has 1 aliphatic rings. The third-order valence-corrected chi connectivity index (χ3v) is 2.97. The zero-order valence-electron chi connectivity index (χ0n) is 11.1. The Morgan fingerprint density at radius 1 is 1.25 bits per heavy atom. The Morgan fingerprint density at radius 2 is 2.10 bits per heavy atom. The molecule has 20 heavy (non-hydrogen) atoms. The number of para-hydroxylation sites is 1. The van der Waals surface area contributed by atoms with Crippen LogP contribution in [0.15, 0.2) is 36.5 Å². The summed E-state index contributed by atoms with van der Waals surface area (Å²) in [5.41, 5.74) is 2.02. The number of pyridine rings is 1. The molecule has 5 nitrogen and oxygen atoms in total. The van der Waals surface area contributed by atoms with Crippen LogP contribution in [0, 0.1) is 6.92 Å². The van der Waals surface area contributed by atoms with Gasteiger partial charge in [0.2, 0.25) is 0 Å². The number of hydrogen-bond acceptors (Lipinski definition) is 4. The van der Waals surface area contributed by atoms with E-state index in [0.717, 1.165) is 5.69 Å². The maximum absolute atomic E-state index is 12.3.